The van der Waals surface area contributed by atoms with Gasteiger partial charge >= 0.3 is 0 Å². The van der Waals surface area contributed by atoms with E-state index in [1.807, 2.05) is 32.6 Å². The minimum absolute atomic E-state index is 0.135. The highest BCUT2D eigenvalue weighted by Gasteiger charge is 2.19. The topological polar surface area (TPSA) is 40.5 Å². The van der Waals surface area contributed by atoms with E-state index in [0.29, 0.717) is 12.8 Å². The molecule has 0 aliphatic rings. The number of hydrogen-bond acceptors (Lipinski definition) is 2. The molecule has 0 aliphatic heterocycles. The van der Waals surface area contributed by atoms with Crippen LogP contribution in [0.25, 0.3) is 0 Å². The summed E-state index contributed by atoms with van der Waals surface area (Å²) in [5.41, 5.74) is 0. The SMILES string of the molecule is CC(O)CCC(=O)N(C(C)C)C(C)C. The van der Waals surface area contributed by atoms with E-state index in [9.17, 15) is 4.79 Å². The molecule has 0 aromatic rings. The number of carbonyl (C=O) groups excluding carboxylic acids is 1. The molecule has 0 aromatic carbocycles. The highest BCUT2D eigenvalue weighted by Crippen LogP contribution is 2.09. The van der Waals surface area contributed by atoms with Crippen molar-refractivity contribution < 1.29 is 9.90 Å². The van der Waals surface area contributed by atoms with Crippen molar-refractivity contribution in [2.24, 2.45) is 0 Å². The Morgan fingerprint density at radius 1 is 1.14 bits per heavy atom. The quantitative estimate of drug-likeness (QED) is 0.736. The van der Waals surface area contributed by atoms with Crippen LogP contribution in [-0.4, -0.2) is 34.1 Å². The second kappa shape index (κ2) is 6.02. The molecule has 1 unspecified atom stereocenters. The van der Waals surface area contributed by atoms with Crippen molar-refractivity contribution in [3.05, 3.63) is 0 Å². The van der Waals surface area contributed by atoms with E-state index in [4.69, 9.17) is 5.11 Å². The molecule has 0 bridgehead atoms. The predicted molar refractivity (Wildman–Crippen MR) is 58.0 cm³/mol. The Morgan fingerprint density at radius 2 is 1.57 bits per heavy atom. The summed E-state index contributed by atoms with van der Waals surface area (Å²) in [5.74, 6) is 0.135. The fraction of sp³-hybridized carbons (Fsp3) is 0.909. The second-order valence-electron chi connectivity index (χ2n) is 4.38. The first-order valence-corrected chi connectivity index (χ1v) is 5.35. The van der Waals surface area contributed by atoms with E-state index in [1.165, 1.54) is 0 Å². The molecule has 0 spiro atoms. The van der Waals surface area contributed by atoms with Gasteiger partial charge in [0.15, 0.2) is 0 Å². The van der Waals surface area contributed by atoms with Crippen LogP contribution in [0.2, 0.25) is 0 Å². The fourth-order valence-corrected chi connectivity index (χ4v) is 1.63. The number of amides is 1. The first-order valence-electron chi connectivity index (χ1n) is 5.35. The molecule has 0 radical (unpaired) electrons. The Hall–Kier alpha value is -0.570. The Morgan fingerprint density at radius 3 is 1.86 bits per heavy atom. The molecular formula is C11H23NO2. The molecule has 0 aliphatic carbocycles. The Kier molecular flexibility index (Phi) is 5.77. The minimum Gasteiger partial charge on any atom is -0.393 e. The maximum absolute atomic E-state index is 11.7. The molecule has 0 aromatic heterocycles. The summed E-state index contributed by atoms with van der Waals surface area (Å²) >= 11 is 0. The van der Waals surface area contributed by atoms with Crippen LogP contribution in [0.1, 0.15) is 47.5 Å². The van der Waals surface area contributed by atoms with E-state index < -0.39 is 0 Å². The van der Waals surface area contributed by atoms with E-state index in [0.717, 1.165) is 0 Å². The molecule has 1 atom stereocenters. The second-order valence-corrected chi connectivity index (χ2v) is 4.38. The lowest BCUT2D eigenvalue weighted by Gasteiger charge is -2.31. The van der Waals surface area contributed by atoms with Crippen molar-refractivity contribution >= 4 is 5.91 Å². The van der Waals surface area contributed by atoms with Crippen LogP contribution in [0.5, 0.6) is 0 Å². The molecule has 3 heteroatoms. The Bertz CT molecular complexity index is 168. The summed E-state index contributed by atoms with van der Waals surface area (Å²) in [4.78, 5) is 13.6. The molecule has 1 N–H and O–H groups in total. The van der Waals surface area contributed by atoms with Crippen LogP contribution in [0.4, 0.5) is 0 Å². The highest BCUT2D eigenvalue weighted by molar-refractivity contribution is 5.76. The minimum atomic E-state index is -0.389. The van der Waals surface area contributed by atoms with Crippen molar-refractivity contribution in [1.29, 1.82) is 0 Å². The van der Waals surface area contributed by atoms with Gasteiger partial charge in [-0.2, -0.15) is 0 Å². The third kappa shape index (κ3) is 4.61. The highest BCUT2D eigenvalue weighted by atomic mass is 16.3. The maximum Gasteiger partial charge on any atom is 0.223 e. The smallest absolute Gasteiger partial charge is 0.223 e. The van der Waals surface area contributed by atoms with Crippen molar-refractivity contribution in [2.45, 2.75) is 65.6 Å². The molecule has 0 rings (SSSR count). The van der Waals surface area contributed by atoms with Crippen molar-refractivity contribution in [3.63, 3.8) is 0 Å². The molecular weight excluding hydrogens is 178 g/mol. The van der Waals surface area contributed by atoms with Crippen LogP contribution in [0.15, 0.2) is 0 Å². The van der Waals surface area contributed by atoms with Gasteiger partial charge in [-0.25, -0.2) is 0 Å². The summed E-state index contributed by atoms with van der Waals surface area (Å²) in [5, 5.41) is 9.09. The van der Waals surface area contributed by atoms with Crippen LogP contribution >= 0.6 is 0 Å². The van der Waals surface area contributed by atoms with Crippen LogP contribution in [0, 0.1) is 0 Å². The summed E-state index contributed by atoms with van der Waals surface area (Å²) in [7, 11) is 0. The van der Waals surface area contributed by atoms with Crippen molar-refractivity contribution in [2.75, 3.05) is 0 Å². The zero-order valence-corrected chi connectivity index (χ0v) is 9.95. The lowest BCUT2D eigenvalue weighted by atomic mass is 10.1. The van der Waals surface area contributed by atoms with Gasteiger partial charge in [-0.05, 0) is 41.0 Å². The van der Waals surface area contributed by atoms with Gasteiger partial charge in [-0.3, -0.25) is 4.79 Å². The van der Waals surface area contributed by atoms with Gasteiger partial charge in [0, 0.05) is 18.5 Å². The number of hydrogen-bond donors (Lipinski definition) is 1. The number of aliphatic hydroxyl groups excluding tert-OH is 1. The number of nitrogens with zero attached hydrogens (tertiary/aromatic N) is 1. The van der Waals surface area contributed by atoms with Crippen molar-refractivity contribution in [3.8, 4) is 0 Å². The Balaban J connectivity index is 4.17. The third-order valence-electron chi connectivity index (χ3n) is 2.18. The third-order valence-corrected chi connectivity index (χ3v) is 2.18. The standard InChI is InChI=1S/C11H23NO2/c1-8(2)12(9(3)4)11(14)7-6-10(5)13/h8-10,13H,6-7H2,1-5H3. The fourth-order valence-electron chi connectivity index (χ4n) is 1.63. The van der Waals surface area contributed by atoms with Gasteiger partial charge in [0.25, 0.3) is 0 Å². The monoisotopic (exact) mass is 201 g/mol. The van der Waals surface area contributed by atoms with Gasteiger partial charge < -0.3 is 10.0 Å². The number of aliphatic hydroxyl groups is 1. The van der Waals surface area contributed by atoms with Gasteiger partial charge in [-0.15, -0.1) is 0 Å². The molecule has 0 saturated carbocycles. The molecule has 3 nitrogen and oxygen atoms in total. The molecule has 84 valence electrons. The van der Waals surface area contributed by atoms with Crippen LogP contribution in [-0.2, 0) is 4.79 Å². The summed E-state index contributed by atoms with van der Waals surface area (Å²) in [6.45, 7) is 9.77. The van der Waals surface area contributed by atoms with E-state index in [-0.39, 0.29) is 24.1 Å². The summed E-state index contributed by atoms with van der Waals surface area (Å²) in [6.07, 6.45) is 0.600. The maximum atomic E-state index is 11.7. The average molecular weight is 201 g/mol. The average Bonchev–Trinajstić information content (AvgIpc) is 1.99. The largest absolute Gasteiger partial charge is 0.393 e. The molecule has 0 heterocycles. The van der Waals surface area contributed by atoms with Crippen molar-refractivity contribution in [1.82, 2.24) is 4.90 Å². The first kappa shape index (κ1) is 13.4. The number of rotatable bonds is 5. The van der Waals surface area contributed by atoms with E-state index in [2.05, 4.69) is 0 Å². The van der Waals surface area contributed by atoms with Gasteiger partial charge in [0.2, 0.25) is 5.91 Å². The van der Waals surface area contributed by atoms with Gasteiger partial charge in [-0.1, -0.05) is 0 Å². The molecule has 0 fully saturated rings. The Labute approximate surface area is 87.1 Å². The van der Waals surface area contributed by atoms with E-state index in [1.54, 1.807) is 6.92 Å². The predicted octanol–water partition coefficient (Wildman–Crippen LogP) is 1.79. The zero-order valence-electron chi connectivity index (χ0n) is 9.95. The summed E-state index contributed by atoms with van der Waals surface area (Å²) in [6, 6.07) is 0.466. The van der Waals surface area contributed by atoms with Gasteiger partial charge in [0.05, 0.1) is 6.10 Å². The normalized spacial score (nSPS) is 13.4. The van der Waals surface area contributed by atoms with E-state index >= 15 is 0 Å². The van der Waals surface area contributed by atoms with Crippen LogP contribution < -0.4 is 0 Å². The molecule has 0 saturated heterocycles. The first-order chi connectivity index (χ1) is 6.36. The molecule has 1 amide bonds. The van der Waals surface area contributed by atoms with Crippen LogP contribution in [0.3, 0.4) is 0 Å². The summed E-state index contributed by atoms with van der Waals surface area (Å²) < 4.78 is 0. The van der Waals surface area contributed by atoms with Gasteiger partial charge in [0.1, 0.15) is 0 Å². The lowest BCUT2D eigenvalue weighted by Crippen LogP contribution is -2.42. The zero-order chi connectivity index (χ0) is 11.3. The lowest BCUT2D eigenvalue weighted by molar-refractivity contribution is -0.135. The number of carbonyl (C=O) groups is 1. The molecule has 14 heavy (non-hydrogen) atoms.